The van der Waals surface area contributed by atoms with E-state index in [2.05, 4.69) is 15.9 Å². The van der Waals surface area contributed by atoms with E-state index in [1.807, 2.05) is 10.6 Å². The van der Waals surface area contributed by atoms with Crippen molar-refractivity contribution in [2.75, 3.05) is 46.5 Å². The summed E-state index contributed by atoms with van der Waals surface area (Å²) in [5.41, 5.74) is 2.22. The van der Waals surface area contributed by atoms with Gasteiger partial charge in [-0.25, -0.2) is 0 Å². The summed E-state index contributed by atoms with van der Waals surface area (Å²) in [5, 5.41) is 0. The van der Waals surface area contributed by atoms with Crippen molar-refractivity contribution in [2.24, 2.45) is 11.8 Å². The first-order valence-corrected chi connectivity index (χ1v) is 11.0. The van der Waals surface area contributed by atoms with E-state index >= 15 is 0 Å². The van der Waals surface area contributed by atoms with E-state index in [0.29, 0.717) is 31.0 Å². The van der Waals surface area contributed by atoms with Crippen LogP contribution in [0, 0.1) is 11.8 Å². The van der Waals surface area contributed by atoms with Crippen LogP contribution in [0.1, 0.15) is 36.4 Å². The van der Waals surface area contributed by atoms with E-state index < -0.39 is 0 Å². The van der Waals surface area contributed by atoms with Crippen LogP contribution in [-0.4, -0.2) is 72.9 Å². The van der Waals surface area contributed by atoms with Gasteiger partial charge in [-0.2, -0.15) is 0 Å². The highest BCUT2D eigenvalue weighted by atomic mass is 16.5. The fourth-order valence-electron chi connectivity index (χ4n) is 5.68. The van der Waals surface area contributed by atoms with Crippen LogP contribution in [0.4, 0.5) is 0 Å². The van der Waals surface area contributed by atoms with Crippen LogP contribution >= 0.6 is 0 Å². The highest BCUT2D eigenvalue weighted by Gasteiger charge is 2.39. The maximum Gasteiger partial charge on any atom is 0.309 e. The van der Waals surface area contributed by atoms with Crippen molar-refractivity contribution in [3.63, 3.8) is 0 Å². The summed E-state index contributed by atoms with van der Waals surface area (Å²) in [4.78, 5) is 30.0. The quantitative estimate of drug-likeness (QED) is 0.703. The largest absolute Gasteiger partial charge is 0.469 e. The number of likely N-dealkylation sites (tertiary alicyclic amines) is 2. The lowest BCUT2D eigenvalue weighted by Gasteiger charge is -2.47. The molecule has 7 nitrogen and oxygen atoms in total. The number of rotatable bonds is 4. The zero-order valence-electron chi connectivity index (χ0n) is 17.2. The number of esters is 1. The molecule has 0 aromatic carbocycles. The molecule has 3 atom stereocenters. The minimum atomic E-state index is -0.133. The molecule has 29 heavy (non-hydrogen) atoms. The second-order valence-corrected chi connectivity index (χ2v) is 9.24. The highest BCUT2D eigenvalue weighted by Crippen LogP contribution is 2.36. The molecule has 3 fully saturated rings. The molecule has 0 radical (unpaired) electrons. The molecule has 3 saturated heterocycles. The molecular formula is C22H31N3O4. The molecule has 1 aromatic rings. The monoisotopic (exact) mass is 401 g/mol. The summed E-state index contributed by atoms with van der Waals surface area (Å²) in [6.45, 7) is 6.88. The zero-order chi connectivity index (χ0) is 20.0. The van der Waals surface area contributed by atoms with E-state index in [9.17, 15) is 9.59 Å². The van der Waals surface area contributed by atoms with E-state index in [1.165, 1.54) is 19.2 Å². The van der Waals surface area contributed by atoms with Gasteiger partial charge in [0.15, 0.2) is 0 Å². The van der Waals surface area contributed by atoms with Gasteiger partial charge < -0.3 is 14.0 Å². The first-order chi connectivity index (χ1) is 14.1. The number of ether oxygens (including phenoxy) is 2. The molecule has 1 aromatic heterocycles. The third kappa shape index (κ3) is 3.64. The van der Waals surface area contributed by atoms with Crippen LogP contribution in [0.15, 0.2) is 16.9 Å². The molecule has 2 bridgehead atoms. The van der Waals surface area contributed by atoms with Crippen LogP contribution in [0.5, 0.6) is 0 Å². The summed E-state index contributed by atoms with van der Waals surface area (Å²) in [7, 11) is 1.45. The van der Waals surface area contributed by atoms with Crippen molar-refractivity contribution in [2.45, 2.75) is 44.3 Å². The van der Waals surface area contributed by atoms with Crippen molar-refractivity contribution in [1.29, 1.82) is 0 Å². The lowest BCUT2D eigenvalue weighted by Crippen LogP contribution is -2.56. The van der Waals surface area contributed by atoms with Gasteiger partial charge >= 0.3 is 5.97 Å². The summed E-state index contributed by atoms with van der Waals surface area (Å²) < 4.78 is 12.4. The van der Waals surface area contributed by atoms with Crippen molar-refractivity contribution in [3.8, 4) is 0 Å². The summed E-state index contributed by atoms with van der Waals surface area (Å²) >= 11 is 0. The van der Waals surface area contributed by atoms with Gasteiger partial charge in [0, 0.05) is 49.9 Å². The smallest absolute Gasteiger partial charge is 0.309 e. The van der Waals surface area contributed by atoms with Crippen LogP contribution < -0.4 is 5.56 Å². The number of hydrogen-bond donors (Lipinski definition) is 0. The molecule has 0 amide bonds. The molecule has 5 rings (SSSR count). The Balaban J connectivity index is 1.32. The fraction of sp³-hybridized carbons (Fsp3) is 0.727. The van der Waals surface area contributed by atoms with Crippen molar-refractivity contribution in [3.05, 3.63) is 33.7 Å². The normalized spacial score (nSPS) is 30.4. The summed E-state index contributed by atoms with van der Waals surface area (Å²) in [6.07, 6.45) is 3.03. The van der Waals surface area contributed by atoms with Crippen molar-refractivity contribution < 1.29 is 14.3 Å². The van der Waals surface area contributed by atoms with Gasteiger partial charge in [0.1, 0.15) is 0 Å². The fourth-order valence-corrected chi connectivity index (χ4v) is 5.68. The number of carbonyl (C=O) groups is 1. The van der Waals surface area contributed by atoms with Crippen molar-refractivity contribution >= 4 is 5.97 Å². The van der Waals surface area contributed by atoms with E-state index in [4.69, 9.17) is 9.47 Å². The molecule has 0 saturated carbocycles. The predicted molar refractivity (Wildman–Crippen MR) is 108 cm³/mol. The number of nitrogens with zero attached hydrogens (tertiary/aromatic N) is 3. The molecule has 4 aliphatic rings. The Morgan fingerprint density at radius 2 is 2.07 bits per heavy atom. The Bertz CT molecular complexity index is 834. The number of hydrogen-bond acceptors (Lipinski definition) is 6. The van der Waals surface area contributed by atoms with Gasteiger partial charge in [-0.05, 0) is 37.8 Å². The molecule has 0 unspecified atom stereocenters. The average Bonchev–Trinajstić information content (AvgIpc) is 2.69. The predicted octanol–water partition coefficient (Wildman–Crippen LogP) is 1.05. The van der Waals surface area contributed by atoms with Gasteiger partial charge in [0.05, 0.1) is 32.3 Å². The lowest BCUT2D eigenvalue weighted by atomic mass is 9.82. The minimum absolute atomic E-state index is 0.0741. The molecule has 158 valence electrons. The molecule has 4 aliphatic heterocycles. The first kappa shape index (κ1) is 19.3. The second kappa shape index (κ2) is 7.85. The van der Waals surface area contributed by atoms with E-state index in [-0.39, 0.29) is 17.4 Å². The van der Waals surface area contributed by atoms with Crippen LogP contribution in [0.2, 0.25) is 0 Å². The average molecular weight is 402 g/mol. The maximum absolute atomic E-state index is 13.3. The molecule has 0 spiro atoms. The number of methoxy groups -OCH3 is 1. The SMILES string of the molecule is COC(=O)[C@@H]1CCCN(Cc2ccc3n(c2=O)C[C@H]2C[C@@H]3CN(C3COC3)C2)C1. The van der Waals surface area contributed by atoms with Crippen LogP contribution in [0.3, 0.4) is 0 Å². The second-order valence-electron chi connectivity index (χ2n) is 9.24. The van der Waals surface area contributed by atoms with Crippen molar-refractivity contribution in [1.82, 2.24) is 14.4 Å². The third-order valence-corrected chi connectivity index (χ3v) is 7.28. The summed E-state index contributed by atoms with van der Waals surface area (Å²) in [5.74, 6) is 0.790. The Morgan fingerprint density at radius 1 is 1.21 bits per heavy atom. The standard InChI is InChI=1S/C22H31N3O4/c1-28-22(27)17-3-2-6-23(11-17)10-16-4-5-20-18-7-15(9-25(20)21(16)26)8-24(12-18)19-13-29-14-19/h4-5,15,17-19H,2-3,6-14H2,1H3/t15-,17+,18+/m0/s1. The topological polar surface area (TPSA) is 64.0 Å². The van der Waals surface area contributed by atoms with Crippen LogP contribution in [0.25, 0.3) is 0 Å². The minimum Gasteiger partial charge on any atom is -0.469 e. The highest BCUT2D eigenvalue weighted by molar-refractivity contribution is 5.72. The Kier molecular flexibility index (Phi) is 5.22. The number of fused-ring (bicyclic) bond motifs is 4. The number of carbonyl (C=O) groups excluding carboxylic acids is 1. The number of pyridine rings is 1. The Labute approximate surface area is 171 Å². The first-order valence-electron chi connectivity index (χ1n) is 11.0. The van der Waals surface area contributed by atoms with Gasteiger partial charge in [0.25, 0.3) is 5.56 Å². The maximum atomic E-state index is 13.3. The molecular weight excluding hydrogens is 370 g/mol. The molecule has 5 heterocycles. The van der Waals surface area contributed by atoms with Gasteiger partial charge in [-0.15, -0.1) is 0 Å². The lowest BCUT2D eigenvalue weighted by molar-refractivity contribution is -0.147. The number of piperidine rings is 2. The van der Waals surface area contributed by atoms with Gasteiger partial charge in [-0.3, -0.25) is 19.4 Å². The van der Waals surface area contributed by atoms with Gasteiger partial charge in [0.2, 0.25) is 0 Å². The molecule has 0 N–H and O–H groups in total. The van der Waals surface area contributed by atoms with Gasteiger partial charge in [-0.1, -0.05) is 6.07 Å². The van der Waals surface area contributed by atoms with E-state index in [0.717, 1.165) is 57.8 Å². The zero-order valence-corrected chi connectivity index (χ0v) is 17.2. The molecule has 0 aliphatic carbocycles. The number of aromatic nitrogens is 1. The Hall–Kier alpha value is -1.70. The third-order valence-electron chi connectivity index (χ3n) is 7.28. The summed E-state index contributed by atoms with van der Waals surface area (Å²) in [6, 6.07) is 4.78. The van der Waals surface area contributed by atoms with Crippen LogP contribution in [-0.2, 0) is 27.4 Å². The Morgan fingerprint density at radius 3 is 2.83 bits per heavy atom. The molecule has 7 heteroatoms. The van der Waals surface area contributed by atoms with E-state index in [1.54, 1.807) is 0 Å².